The van der Waals surface area contributed by atoms with E-state index in [2.05, 4.69) is 31.1 Å². The second-order valence-corrected chi connectivity index (χ2v) is 5.58. The van der Waals surface area contributed by atoms with Gasteiger partial charge >= 0.3 is 5.69 Å². The molecule has 1 aromatic carbocycles. The van der Waals surface area contributed by atoms with Crippen LogP contribution in [0.3, 0.4) is 0 Å². The number of nitrogens with zero attached hydrogens (tertiary/aromatic N) is 6. The Hall–Kier alpha value is -2.66. The largest absolute Gasteiger partial charge is 0.362 e. The summed E-state index contributed by atoms with van der Waals surface area (Å²) < 4.78 is 2.43. The summed E-state index contributed by atoms with van der Waals surface area (Å²) in [5.74, 6) is -0.380. The van der Waals surface area contributed by atoms with Crippen molar-refractivity contribution in [1.29, 1.82) is 0 Å². The molecule has 0 saturated heterocycles. The zero-order chi connectivity index (χ0) is 16.2. The molecular formula is C11H9ClN8O2S. The van der Waals surface area contributed by atoms with Crippen LogP contribution in [0, 0.1) is 0 Å². The van der Waals surface area contributed by atoms with Crippen LogP contribution in [-0.4, -0.2) is 46.7 Å². The van der Waals surface area contributed by atoms with Crippen LogP contribution < -0.4 is 11.1 Å². The van der Waals surface area contributed by atoms with Gasteiger partial charge < -0.3 is 0 Å². The first-order valence-corrected chi connectivity index (χ1v) is 7.59. The summed E-state index contributed by atoms with van der Waals surface area (Å²) in [7, 11) is 0. The average molecular weight is 353 g/mol. The van der Waals surface area contributed by atoms with Crippen molar-refractivity contribution in [3.63, 3.8) is 0 Å². The number of carbonyl (C=O) groups excluding carboxylic acids is 1. The van der Waals surface area contributed by atoms with Gasteiger partial charge in [0.05, 0.1) is 11.4 Å². The third-order valence-corrected chi connectivity index (χ3v) is 3.81. The van der Waals surface area contributed by atoms with Crippen molar-refractivity contribution in [1.82, 2.24) is 35.1 Å². The van der Waals surface area contributed by atoms with Gasteiger partial charge in [0.25, 0.3) is 0 Å². The Labute approximate surface area is 137 Å². The number of hydrogen-bond donors (Lipinski definition) is 2. The molecule has 3 rings (SSSR count). The second-order valence-electron chi connectivity index (χ2n) is 4.20. The molecule has 2 aromatic heterocycles. The van der Waals surface area contributed by atoms with Gasteiger partial charge in [0.15, 0.2) is 0 Å². The van der Waals surface area contributed by atoms with Crippen LogP contribution in [-0.2, 0) is 4.79 Å². The standard InChI is InChI=1S/C11H9ClN8O2S/c12-7-1-3-8(4-2-7)20-11(15-17-18-20)23-5-9(21)16-19-6-13-14-10(19)22/h1-4,6H,5H2,(H,14,22)(H,16,21). The van der Waals surface area contributed by atoms with Gasteiger partial charge in [-0.15, -0.1) is 5.10 Å². The maximum Gasteiger partial charge on any atom is 0.362 e. The van der Waals surface area contributed by atoms with Gasteiger partial charge in [-0.3, -0.25) is 10.2 Å². The maximum atomic E-state index is 11.8. The molecule has 0 aliphatic heterocycles. The predicted octanol–water partition coefficient (Wildman–Crippen LogP) is 0.0629. The van der Waals surface area contributed by atoms with Gasteiger partial charge in [0, 0.05) is 5.02 Å². The van der Waals surface area contributed by atoms with Crippen LogP contribution in [0.25, 0.3) is 5.69 Å². The summed E-state index contributed by atoms with van der Waals surface area (Å²) in [5, 5.41) is 18.0. The molecule has 0 atom stereocenters. The molecule has 10 nitrogen and oxygen atoms in total. The number of aromatic nitrogens is 7. The Kier molecular flexibility index (Phi) is 4.39. The fourth-order valence-corrected chi connectivity index (χ4v) is 2.45. The first-order valence-electron chi connectivity index (χ1n) is 6.22. The molecule has 2 N–H and O–H groups in total. The van der Waals surface area contributed by atoms with Crippen molar-refractivity contribution in [3.8, 4) is 5.69 Å². The van der Waals surface area contributed by atoms with Crippen molar-refractivity contribution in [2.75, 3.05) is 11.2 Å². The van der Waals surface area contributed by atoms with Gasteiger partial charge in [-0.1, -0.05) is 23.4 Å². The highest BCUT2D eigenvalue weighted by molar-refractivity contribution is 7.99. The number of tetrazole rings is 1. The van der Waals surface area contributed by atoms with Gasteiger partial charge in [-0.05, 0) is 34.7 Å². The second kappa shape index (κ2) is 6.62. The van der Waals surface area contributed by atoms with E-state index in [1.807, 2.05) is 0 Å². The minimum absolute atomic E-state index is 0.0194. The molecule has 0 radical (unpaired) electrons. The molecule has 118 valence electrons. The van der Waals surface area contributed by atoms with E-state index in [4.69, 9.17) is 11.6 Å². The Morgan fingerprint density at radius 3 is 2.83 bits per heavy atom. The molecule has 0 bridgehead atoms. The number of carbonyl (C=O) groups is 1. The number of halogens is 1. The van der Waals surface area contributed by atoms with Crippen LogP contribution in [0.1, 0.15) is 0 Å². The third kappa shape index (κ3) is 3.57. The zero-order valence-electron chi connectivity index (χ0n) is 11.4. The molecule has 3 aromatic rings. The highest BCUT2D eigenvalue weighted by atomic mass is 35.5. The van der Waals surface area contributed by atoms with Gasteiger partial charge in [0.1, 0.15) is 6.33 Å². The van der Waals surface area contributed by atoms with Gasteiger partial charge in [0.2, 0.25) is 11.1 Å². The molecule has 1 amide bonds. The molecule has 0 spiro atoms. The molecule has 23 heavy (non-hydrogen) atoms. The molecule has 0 unspecified atom stereocenters. The molecular weight excluding hydrogens is 344 g/mol. The molecule has 2 heterocycles. The van der Waals surface area contributed by atoms with E-state index in [0.29, 0.717) is 15.9 Å². The average Bonchev–Trinajstić information content (AvgIpc) is 3.16. The van der Waals surface area contributed by atoms with Crippen molar-refractivity contribution >= 4 is 29.3 Å². The number of aromatic amines is 1. The minimum Gasteiger partial charge on any atom is -0.272 e. The van der Waals surface area contributed by atoms with Crippen LogP contribution in [0.15, 0.2) is 40.5 Å². The van der Waals surface area contributed by atoms with Crippen LogP contribution in [0.2, 0.25) is 5.02 Å². The van der Waals surface area contributed by atoms with Gasteiger partial charge in [-0.25, -0.2) is 9.89 Å². The molecule has 0 fully saturated rings. The van der Waals surface area contributed by atoms with E-state index in [1.165, 1.54) is 11.0 Å². The number of thioether (sulfide) groups is 1. The Balaban J connectivity index is 1.66. The van der Waals surface area contributed by atoms with Crippen LogP contribution >= 0.6 is 23.4 Å². The smallest absolute Gasteiger partial charge is 0.272 e. The minimum atomic E-state index is -0.533. The predicted molar refractivity (Wildman–Crippen MR) is 82.1 cm³/mol. The van der Waals surface area contributed by atoms with Crippen LogP contribution in [0.4, 0.5) is 0 Å². The Morgan fingerprint density at radius 2 is 2.13 bits per heavy atom. The Bertz CT molecular complexity index is 871. The van der Waals surface area contributed by atoms with E-state index in [1.54, 1.807) is 24.3 Å². The first kappa shape index (κ1) is 15.2. The highest BCUT2D eigenvalue weighted by Crippen LogP contribution is 2.19. The Morgan fingerprint density at radius 1 is 1.35 bits per heavy atom. The van der Waals surface area contributed by atoms with Crippen LogP contribution in [0.5, 0.6) is 0 Å². The summed E-state index contributed by atoms with van der Waals surface area (Å²) in [5.41, 5.74) is 2.56. The lowest BCUT2D eigenvalue weighted by molar-refractivity contribution is -0.114. The van der Waals surface area contributed by atoms with Crippen molar-refractivity contribution in [3.05, 3.63) is 46.1 Å². The molecule has 0 aliphatic carbocycles. The number of rotatable bonds is 5. The number of amides is 1. The quantitative estimate of drug-likeness (QED) is 0.622. The zero-order valence-corrected chi connectivity index (χ0v) is 13.0. The fourth-order valence-electron chi connectivity index (χ4n) is 1.64. The van der Waals surface area contributed by atoms with Crippen molar-refractivity contribution < 1.29 is 4.79 Å². The maximum absolute atomic E-state index is 11.8. The summed E-state index contributed by atoms with van der Waals surface area (Å²) in [6.45, 7) is 0. The lowest BCUT2D eigenvalue weighted by Crippen LogP contribution is -2.31. The van der Waals surface area contributed by atoms with E-state index in [0.717, 1.165) is 16.4 Å². The monoisotopic (exact) mass is 352 g/mol. The SMILES string of the molecule is O=C(CSc1nnnn1-c1ccc(Cl)cc1)Nn1cn[nH]c1=O. The summed E-state index contributed by atoms with van der Waals surface area (Å²) in [6, 6.07) is 6.94. The summed E-state index contributed by atoms with van der Waals surface area (Å²) in [6.07, 6.45) is 1.17. The number of benzene rings is 1. The van der Waals surface area contributed by atoms with E-state index in [-0.39, 0.29) is 5.75 Å². The van der Waals surface area contributed by atoms with Gasteiger partial charge in [-0.2, -0.15) is 14.5 Å². The molecule has 12 heteroatoms. The van der Waals surface area contributed by atoms with E-state index in [9.17, 15) is 9.59 Å². The number of nitrogens with one attached hydrogen (secondary N) is 2. The van der Waals surface area contributed by atoms with Crippen molar-refractivity contribution in [2.45, 2.75) is 5.16 Å². The van der Waals surface area contributed by atoms with E-state index < -0.39 is 11.6 Å². The normalized spacial score (nSPS) is 10.7. The highest BCUT2D eigenvalue weighted by Gasteiger charge is 2.12. The molecule has 0 aliphatic rings. The topological polar surface area (TPSA) is 123 Å². The lowest BCUT2D eigenvalue weighted by atomic mass is 10.3. The number of H-pyrrole nitrogens is 1. The third-order valence-electron chi connectivity index (χ3n) is 2.64. The summed E-state index contributed by atoms with van der Waals surface area (Å²) >= 11 is 6.97. The number of hydrogen-bond acceptors (Lipinski definition) is 7. The lowest BCUT2D eigenvalue weighted by Gasteiger charge is -2.05. The fraction of sp³-hybridized carbons (Fsp3) is 0.0909. The molecule has 0 saturated carbocycles. The van der Waals surface area contributed by atoms with Crippen molar-refractivity contribution in [2.24, 2.45) is 0 Å². The summed E-state index contributed by atoms with van der Waals surface area (Å²) in [4.78, 5) is 23.1. The van der Waals surface area contributed by atoms with E-state index >= 15 is 0 Å². The first-order chi connectivity index (χ1) is 11.1.